The predicted molar refractivity (Wildman–Crippen MR) is 75.8 cm³/mol. The van der Waals surface area contributed by atoms with E-state index < -0.39 is 0 Å². The summed E-state index contributed by atoms with van der Waals surface area (Å²) in [6.45, 7) is 2.62. The Morgan fingerprint density at radius 3 is 2.35 bits per heavy atom. The van der Waals surface area contributed by atoms with E-state index in [2.05, 4.69) is 5.32 Å². The molecule has 0 radical (unpaired) electrons. The molecule has 20 heavy (non-hydrogen) atoms. The van der Waals surface area contributed by atoms with Gasteiger partial charge < -0.3 is 15.0 Å². The van der Waals surface area contributed by atoms with Gasteiger partial charge in [0.25, 0.3) is 11.8 Å². The Morgan fingerprint density at radius 2 is 1.75 bits per heavy atom. The highest BCUT2D eigenvalue weighted by Crippen LogP contribution is 2.13. The summed E-state index contributed by atoms with van der Waals surface area (Å²) in [5, 5.41) is 2.74. The molecular formula is C15H20N2O3. The van der Waals surface area contributed by atoms with Gasteiger partial charge >= 0.3 is 0 Å². The molecule has 0 unspecified atom stereocenters. The Morgan fingerprint density at radius 1 is 1.15 bits per heavy atom. The predicted octanol–water partition coefficient (Wildman–Crippen LogP) is 1.30. The van der Waals surface area contributed by atoms with Crippen molar-refractivity contribution in [3.05, 3.63) is 35.4 Å². The highest BCUT2D eigenvalue weighted by Gasteiger charge is 2.19. The summed E-state index contributed by atoms with van der Waals surface area (Å²) in [5.74, 6) is -0.101. The number of hydrogen-bond acceptors (Lipinski definition) is 3. The maximum atomic E-state index is 12.1. The van der Waals surface area contributed by atoms with Gasteiger partial charge in [-0.2, -0.15) is 0 Å². The molecule has 0 aromatic heterocycles. The van der Waals surface area contributed by atoms with Crippen molar-refractivity contribution in [1.29, 1.82) is 0 Å². The largest absolute Gasteiger partial charge is 0.383 e. The molecule has 108 valence electrons. The molecule has 5 heteroatoms. The van der Waals surface area contributed by atoms with Gasteiger partial charge in [-0.3, -0.25) is 9.59 Å². The zero-order chi connectivity index (χ0) is 14.4. The summed E-state index contributed by atoms with van der Waals surface area (Å²) in [7, 11) is 1.59. The van der Waals surface area contributed by atoms with Gasteiger partial charge in [-0.25, -0.2) is 0 Å². The lowest BCUT2D eigenvalue weighted by Crippen LogP contribution is -2.28. The molecule has 1 saturated heterocycles. The number of rotatable bonds is 5. The highest BCUT2D eigenvalue weighted by atomic mass is 16.5. The number of methoxy groups -OCH3 is 1. The van der Waals surface area contributed by atoms with Gasteiger partial charge in [0.15, 0.2) is 0 Å². The molecule has 0 saturated carbocycles. The van der Waals surface area contributed by atoms with Gasteiger partial charge in [0, 0.05) is 37.9 Å². The lowest BCUT2D eigenvalue weighted by molar-refractivity contribution is 0.0792. The Hall–Kier alpha value is -1.88. The number of hydrogen-bond donors (Lipinski definition) is 1. The summed E-state index contributed by atoms with van der Waals surface area (Å²) in [5.41, 5.74) is 1.19. The van der Waals surface area contributed by atoms with Crippen LogP contribution in [0.1, 0.15) is 33.6 Å². The SMILES string of the molecule is COCCNC(=O)c1ccc(C(=O)N2CCCC2)cc1. The third-order valence-corrected chi connectivity index (χ3v) is 3.38. The minimum Gasteiger partial charge on any atom is -0.383 e. The molecule has 1 aliphatic heterocycles. The molecule has 0 bridgehead atoms. The van der Waals surface area contributed by atoms with E-state index in [1.54, 1.807) is 31.4 Å². The van der Waals surface area contributed by atoms with Crippen LogP contribution in [-0.4, -0.2) is 50.1 Å². The van der Waals surface area contributed by atoms with Crippen molar-refractivity contribution in [3.8, 4) is 0 Å². The average molecular weight is 276 g/mol. The lowest BCUT2D eigenvalue weighted by atomic mass is 10.1. The van der Waals surface area contributed by atoms with Crippen molar-refractivity contribution in [2.45, 2.75) is 12.8 Å². The number of carbonyl (C=O) groups is 2. The fraction of sp³-hybridized carbons (Fsp3) is 0.467. The van der Waals surface area contributed by atoms with Gasteiger partial charge in [0.1, 0.15) is 0 Å². The first kappa shape index (κ1) is 14.5. The van der Waals surface area contributed by atoms with E-state index in [0.29, 0.717) is 24.3 Å². The Kier molecular flexibility index (Phi) is 5.12. The zero-order valence-corrected chi connectivity index (χ0v) is 11.7. The Bertz CT molecular complexity index is 465. The highest BCUT2D eigenvalue weighted by molar-refractivity contribution is 5.97. The van der Waals surface area contributed by atoms with E-state index in [4.69, 9.17) is 4.74 Å². The van der Waals surface area contributed by atoms with E-state index in [1.165, 1.54) is 0 Å². The van der Waals surface area contributed by atoms with Crippen LogP contribution in [0.15, 0.2) is 24.3 Å². The molecule has 1 fully saturated rings. The molecule has 0 atom stereocenters. The summed E-state index contributed by atoms with van der Waals surface area (Å²) in [6.07, 6.45) is 2.15. The van der Waals surface area contributed by atoms with E-state index in [9.17, 15) is 9.59 Å². The molecule has 1 aliphatic rings. The first-order valence-corrected chi connectivity index (χ1v) is 6.89. The smallest absolute Gasteiger partial charge is 0.253 e. The van der Waals surface area contributed by atoms with Crippen molar-refractivity contribution >= 4 is 11.8 Å². The average Bonchev–Trinajstić information content (AvgIpc) is 3.01. The molecule has 1 N–H and O–H groups in total. The van der Waals surface area contributed by atoms with Crippen LogP contribution in [0, 0.1) is 0 Å². The van der Waals surface area contributed by atoms with Gasteiger partial charge in [-0.15, -0.1) is 0 Å². The number of nitrogens with one attached hydrogen (secondary N) is 1. The van der Waals surface area contributed by atoms with Crippen LogP contribution >= 0.6 is 0 Å². The second kappa shape index (κ2) is 7.05. The van der Waals surface area contributed by atoms with Crippen LogP contribution in [0.4, 0.5) is 0 Å². The van der Waals surface area contributed by atoms with Gasteiger partial charge in [-0.1, -0.05) is 0 Å². The number of ether oxygens (including phenoxy) is 1. The van der Waals surface area contributed by atoms with E-state index >= 15 is 0 Å². The molecular weight excluding hydrogens is 256 g/mol. The number of nitrogens with zero attached hydrogens (tertiary/aromatic N) is 1. The monoisotopic (exact) mass is 276 g/mol. The molecule has 1 aromatic carbocycles. The summed E-state index contributed by atoms with van der Waals surface area (Å²) < 4.78 is 4.87. The minimum atomic E-state index is -0.151. The number of carbonyl (C=O) groups excluding carboxylic acids is 2. The quantitative estimate of drug-likeness (QED) is 0.825. The van der Waals surface area contributed by atoms with Crippen LogP contribution in [-0.2, 0) is 4.74 Å². The van der Waals surface area contributed by atoms with Crippen molar-refractivity contribution in [1.82, 2.24) is 10.2 Å². The lowest BCUT2D eigenvalue weighted by Gasteiger charge is -2.15. The van der Waals surface area contributed by atoms with Crippen molar-refractivity contribution < 1.29 is 14.3 Å². The zero-order valence-electron chi connectivity index (χ0n) is 11.7. The van der Waals surface area contributed by atoms with E-state index in [0.717, 1.165) is 25.9 Å². The second-order valence-electron chi connectivity index (χ2n) is 4.83. The maximum Gasteiger partial charge on any atom is 0.253 e. The van der Waals surface area contributed by atoms with Gasteiger partial charge in [-0.05, 0) is 37.1 Å². The molecule has 2 rings (SSSR count). The summed E-state index contributed by atoms with van der Waals surface area (Å²) in [4.78, 5) is 25.8. The fourth-order valence-corrected chi connectivity index (χ4v) is 2.24. The first-order valence-electron chi connectivity index (χ1n) is 6.89. The Labute approximate surface area is 118 Å². The third kappa shape index (κ3) is 3.57. The second-order valence-corrected chi connectivity index (χ2v) is 4.83. The first-order chi connectivity index (χ1) is 9.72. The standard InChI is InChI=1S/C15H20N2O3/c1-20-11-8-16-14(18)12-4-6-13(7-5-12)15(19)17-9-2-3-10-17/h4-7H,2-3,8-11H2,1H3,(H,16,18). The van der Waals surface area contributed by atoms with Crippen LogP contribution in [0.25, 0.3) is 0 Å². The van der Waals surface area contributed by atoms with Crippen LogP contribution < -0.4 is 5.32 Å². The normalized spacial score (nSPS) is 14.3. The topological polar surface area (TPSA) is 58.6 Å². The van der Waals surface area contributed by atoms with Crippen molar-refractivity contribution in [2.24, 2.45) is 0 Å². The van der Waals surface area contributed by atoms with Crippen molar-refractivity contribution in [2.75, 3.05) is 33.4 Å². The third-order valence-electron chi connectivity index (χ3n) is 3.38. The van der Waals surface area contributed by atoms with Crippen LogP contribution in [0.2, 0.25) is 0 Å². The molecule has 1 heterocycles. The van der Waals surface area contributed by atoms with Gasteiger partial charge in [0.2, 0.25) is 0 Å². The summed E-state index contributed by atoms with van der Waals surface area (Å²) in [6, 6.07) is 6.80. The molecule has 1 aromatic rings. The number of amides is 2. The molecule has 2 amide bonds. The van der Waals surface area contributed by atoms with Crippen molar-refractivity contribution in [3.63, 3.8) is 0 Å². The Balaban J connectivity index is 1.95. The van der Waals surface area contributed by atoms with Crippen LogP contribution in [0.3, 0.4) is 0 Å². The summed E-state index contributed by atoms with van der Waals surface area (Å²) >= 11 is 0. The number of likely N-dealkylation sites (tertiary alicyclic amines) is 1. The van der Waals surface area contributed by atoms with E-state index in [1.807, 2.05) is 4.90 Å². The molecule has 0 aliphatic carbocycles. The van der Waals surface area contributed by atoms with Gasteiger partial charge in [0.05, 0.1) is 6.61 Å². The molecule has 0 spiro atoms. The maximum absolute atomic E-state index is 12.1. The fourth-order valence-electron chi connectivity index (χ4n) is 2.24. The van der Waals surface area contributed by atoms with E-state index in [-0.39, 0.29) is 11.8 Å². The molecule has 5 nitrogen and oxygen atoms in total. The number of benzene rings is 1. The minimum absolute atomic E-state index is 0.0499. The van der Waals surface area contributed by atoms with Crippen LogP contribution in [0.5, 0.6) is 0 Å².